The molecule has 2 aromatic rings. The number of halogens is 2. The minimum atomic E-state index is -0.335. The first-order chi connectivity index (χ1) is 14.5. The van der Waals surface area contributed by atoms with Crippen LogP contribution in [-0.4, -0.2) is 48.7 Å². The maximum atomic E-state index is 12.6. The Bertz CT molecular complexity index is 932. The SMILES string of the molecule is O=C(NC1CC(=O)N(c2ccc(Cl)cc2)C1)c1cnc(OC2CCOCC2)c(Cl)c1. The van der Waals surface area contributed by atoms with Crippen LogP contribution in [0.2, 0.25) is 10.0 Å². The van der Waals surface area contributed by atoms with Gasteiger partial charge in [0.2, 0.25) is 11.8 Å². The van der Waals surface area contributed by atoms with Crippen LogP contribution in [-0.2, 0) is 9.53 Å². The predicted octanol–water partition coefficient (Wildman–Crippen LogP) is 3.48. The van der Waals surface area contributed by atoms with Crippen molar-refractivity contribution in [2.45, 2.75) is 31.4 Å². The summed E-state index contributed by atoms with van der Waals surface area (Å²) in [6, 6.07) is 8.25. The largest absolute Gasteiger partial charge is 0.473 e. The van der Waals surface area contributed by atoms with Crippen LogP contribution in [0.15, 0.2) is 36.5 Å². The van der Waals surface area contributed by atoms with Gasteiger partial charge < -0.3 is 19.7 Å². The van der Waals surface area contributed by atoms with Crippen molar-refractivity contribution in [2.24, 2.45) is 0 Å². The van der Waals surface area contributed by atoms with Gasteiger partial charge in [0.15, 0.2) is 0 Å². The number of pyridine rings is 1. The van der Waals surface area contributed by atoms with Gasteiger partial charge in [0.05, 0.1) is 24.8 Å². The van der Waals surface area contributed by atoms with Crippen molar-refractivity contribution in [1.29, 1.82) is 0 Å². The lowest BCUT2D eigenvalue weighted by Gasteiger charge is -2.23. The number of anilines is 1. The lowest BCUT2D eigenvalue weighted by atomic mass is 10.1. The van der Waals surface area contributed by atoms with Gasteiger partial charge in [-0.25, -0.2) is 4.98 Å². The Balaban J connectivity index is 1.37. The van der Waals surface area contributed by atoms with E-state index in [2.05, 4.69) is 10.3 Å². The molecule has 1 N–H and O–H groups in total. The number of nitrogens with zero attached hydrogens (tertiary/aromatic N) is 2. The average Bonchev–Trinajstić information content (AvgIpc) is 3.10. The summed E-state index contributed by atoms with van der Waals surface area (Å²) in [5, 5.41) is 3.76. The van der Waals surface area contributed by atoms with Gasteiger partial charge in [-0.05, 0) is 30.3 Å². The summed E-state index contributed by atoms with van der Waals surface area (Å²) in [5.41, 5.74) is 1.07. The molecule has 30 heavy (non-hydrogen) atoms. The second-order valence-electron chi connectivity index (χ2n) is 7.30. The monoisotopic (exact) mass is 449 g/mol. The van der Waals surface area contributed by atoms with Crippen molar-refractivity contribution >= 4 is 40.7 Å². The quantitative estimate of drug-likeness (QED) is 0.755. The fourth-order valence-electron chi connectivity index (χ4n) is 3.53. The van der Waals surface area contributed by atoms with E-state index in [1.54, 1.807) is 29.2 Å². The number of amides is 2. The Labute approximate surface area is 184 Å². The molecule has 2 aliphatic rings. The first-order valence-corrected chi connectivity index (χ1v) is 10.5. The van der Waals surface area contributed by atoms with E-state index >= 15 is 0 Å². The molecular formula is C21H21Cl2N3O4. The predicted molar refractivity (Wildman–Crippen MR) is 113 cm³/mol. The van der Waals surface area contributed by atoms with Crippen LogP contribution in [0.3, 0.4) is 0 Å². The average molecular weight is 450 g/mol. The number of rotatable bonds is 5. The van der Waals surface area contributed by atoms with Gasteiger partial charge in [-0.15, -0.1) is 0 Å². The van der Waals surface area contributed by atoms with Crippen molar-refractivity contribution in [3.63, 3.8) is 0 Å². The summed E-state index contributed by atoms with van der Waals surface area (Å²) < 4.78 is 11.1. The second-order valence-corrected chi connectivity index (χ2v) is 8.14. The highest BCUT2D eigenvalue weighted by molar-refractivity contribution is 6.32. The molecular weight excluding hydrogens is 429 g/mol. The van der Waals surface area contributed by atoms with Gasteiger partial charge in [0.25, 0.3) is 5.91 Å². The summed E-state index contributed by atoms with van der Waals surface area (Å²) in [4.78, 5) is 30.8. The number of carbonyl (C=O) groups excluding carboxylic acids is 2. The topological polar surface area (TPSA) is 80.8 Å². The van der Waals surface area contributed by atoms with E-state index in [1.807, 2.05) is 0 Å². The summed E-state index contributed by atoms with van der Waals surface area (Å²) in [5.74, 6) is -0.0816. The van der Waals surface area contributed by atoms with Crippen molar-refractivity contribution in [2.75, 3.05) is 24.7 Å². The lowest BCUT2D eigenvalue weighted by molar-refractivity contribution is -0.117. The van der Waals surface area contributed by atoms with Crippen molar-refractivity contribution in [1.82, 2.24) is 10.3 Å². The van der Waals surface area contributed by atoms with Crippen LogP contribution in [0.1, 0.15) is 29.6 Å². The van der Waals surface area contributed by atoms with Gasteiger partial charge in [0.1, 0.15) is 11.1 Å². The molecule has 2 saturated heterocycles. The highest BCUT2D eigenvalue weighted by Crippen LogP contribution is 2.26. The zero-order valence-corrected chi connectivity index (χ0v) is 17.7. The van der Waals surface area contributed by atoms with Crippen LogP contribution < -0.4 is 15.0 Å². The van der Waals surface area contributed by atoms with Crippen LogP contribution in [0.25, 0.3) is 0 Å². The van der Waals surface area contributed by atoms with Gasteiger partial charge in [-0.1, -0.05) is 23.2 Å². The molecule has 2 fully saturated rings. The molecule has 7 nitrogen and oxygen atoms in total. The summed E-state index contributed by atoms with van der Waals surface area (Å²) in [6.45, 7) is 1.68. The smallest absolute Gasteiger partial charge is 0.253 e. The first-order valence-electron chi connectivity index (χ1n) is 9.76. The fourth-order valence-corrected chi connectivity index (χ4v) is 3.87. The molecule has 9 heteroatoms. The van der Waals surface area contributed by atoms with Gasteiger partial charge in [-0.2, -0.15) is 0 Å². The number of hydrogen-bond acceptors (Lipinski definition) is 5. The number of ether oxygens (including phenoxy) is 2. The van der Waals surface area contributed by atoms with E-state index in [-0.39, 0.29) is 35.4 Å². The third kappa shape index (κ3) is 4.86. The third-order valence-electron chi connectivity index (χ3n) is 5.11. The zero-order chi connectivity index (χ0) is 21.1. The maximum Gasteiger partial charge on any atom is 0.253 e. The molecule has 1 unspecified atom stereocenters. The van der Waals surface area contributed by atoms with Crippen LogP contribution in [0, 0.1) is 0 Å². The molecule has 2 amide bonds. The normalized spacial score (nSPS) is 19.7. The molecule has 158 valence electrons. The summed E-state index contributed by atoms with van der Waals surface area (Å²) in [6.07, 6.45) is 3.22. The first kappa shape index (κ1) is 20.9. The van der Waals surface area contributed by atoms with Crippen molar-refractivity contribution in [3.8, 4) is 5.88 Å². The number of hydrogen-bond donors (Lipinski definition) is 1. The van der Waals surface area contributed by atoms with Crippen LogP contribution in [0.5, 0.6) is 5.88 Å². The Morgan fingerprint density at radius 2 is 1.93 bits per heavy atom. The molecule has 1 aromatic carbocycles. The summed E-state index contributed by atoms with van der Waals surface area (Å²) in [7, 11) is 0. The Morgan fingerprint density at radius 1 is 1.20 bits per heavy atom. The molecule has 0 saturated carbocycles. The van der Waals surface area contributed by atoms with E-state index in [9.17, 15) is 9.59 Å². The highest BCUT2D eigenvalue weighted by Gasteiger charge is 2.32. The molecule has 0 spiro atoms. The van der Waals surface area contributed by atoms with Crippen molar-refractivity contribution in [3.05, 3.63) is 52.1 Å². The van der Waals surface area contributed by atoms with Gasteiger partial charge >= 0.3 is 0 Å². The number of aromatic nitrogens is 1. The Morgan fingerprint density at radius 3 is 2.63 bits per heavy atom. The van der Waals surface area contributed by atoms with E-state index in [0.29, 0.717) is 36.2 Å². The fraction of sp³-hybridized carbons (Fsp3) is 0.381. The third-order valence-corrected chi connectivity index (χ3v) is 5.64. The molecule has 4 rings (SSSR count). The Hall–Kier alpha value is -2.35. The molecule has 2 aliphatic heterocycles. The number of nitrogens with one attached hydrogen (secondary N) is 1. The summed E-state index contributed by atoms with van der Waals surface area (Å²) >= 11 is 12.2. The number of carbonyl (C=O) groups is 2. The molecule has 1 atom stereocenters. The minimum absolute atomic E-state index is 0.00628. The molecule has 0 bridgehead atoms. The second kappa shape index (κ2) is 9.20. The molecule has 0 aliphatic carbocycles. The van der Waals surface area contributed by atoms with E-state index in [4.69, 9.17) is 32.7 Å². The van der Waals surface area contributed by atoms with Crippen LogP contribution >= 0.6 is 23.2 Å². The Kier molecular flexibility index (Phi) is 6.41. The zero-order valence-electron chi connectivity index (χ0n) is 16.1. The van der Waals surface area contributed by atoms with Gasteiger partial charge in [-0.3, -0.25) is 9.59 Å². The van der Waals surface area contributed by atoms with E-state index in [0.717, 1.165) is 18.5 Å². The van der Waals surface area contributed by atoms with Crippen LogP contribution in [0.4, 0.5) is 5.69 Å². The number of benzene rings is 1. The lowest BCUT2D eigenvalue weighted by Crippen LogP contribution is -2.37. The standard InChI is InChI=1S/C21H21Cl2N3O4/c22-14-1-3-16(4-2-14)26-12-15(10-19(26)27)25-20(28)13-9-18(23)21(24-11-13)30-17-5-7-29-8-6-17/h1-4,9,11,15,17H,5-8,10,12H2,(H,25,28). The molecule has 1 aromatic heterocycles. The maximum absolute atomic E-state index is 12.6. The van der Waals surface area contributed by atoms with E-state index in [1.165, 1.54) is 12.3 Å². The van der Waals surface area contributed by atoms with Gasteiger partial charge in [0, 0.05) is 42.7 Å². The minimum Gasteiger partial charge on any atom is -0.473 e. The molecule has 0 radical (unpaired) electrons. The highest BCUT2D eigenvalue weighted by atomic mass is 35.5. The molecule has 3 heterocycles. The van der Waals surface area contributed by atoms with E-state index < -0.39 is 0 Å². The van der Waals surface area contributed by atoms with Crippen molar-refractivity contribution < 1.29 is 19.1 Å².